The zero-order valence-corrected chi connectivity index (χ0v) is 12.3. The Bertz CT molecular complexity index is 643. The fraction of sp³-hybridized carbons (Fsp3) is 0.188. The molecule has 0 spiro atoms. The standard InChI is InChI=1S/C16H16ClFN2O/c1-10(11-4-6-14(17)7-5-11)20-9-13-3-2-12(16(19)21)8-15(13)18/h2-8,10,20H,9H2,1H3,(H2,19,21)/t10-/m1/s1. The molecule has 0 saturated carbocycles. The Morgan fingerprint density at radius 2 is 1.95 bits per heavy atom. The molecule has 2 aromatic rings. The molecule has 0 unspecified atom stereocenters. The molecule has 3 nitrogen and oxygen atoms in total. The topological polar surface area (TPSA) is 55.1 Å². The second kappa shape index (κ2) is 6.70. The first kappa shape index (κ1) is 15.5. The number of carbonyl (C=O) groups is 1. The monoisotopic (exact) mass is 306 g/mol. The molecule has 5 heteroatoms. The van der Waals surface area contributed by atoms with E-state index in [0.717, 1.165) is 11.6 Å². The summed E-state index contributed by atoms with van der Waals surface area (Å²) in [6.07, 6.45) is 0. The Morgan fingerprint density at radius 3 is 2.52 bits per heavy atom. The number of amides is 1. The number of rotatable bonds is 5. The van der Waals surface area contributed by atoms with Gasteiger partial charge in [0.1, 0.15) is 5.82 Å². The number of hydrogen-bond donors (Lipinski definition) is 2. The van der Waals surface area contributed by atoms with Crippen LogP contribution in [0.2, 0.25) is 5.02 Å². The van der Waals surface area contributed by atoms with Crippen molar-refractivity contribution < 1.29 is 9.18 Å². The highest BCUT2D eigenvalue weighted by Gasteiger charge is 2.09. The van der Waals surface area contributed by atoms with E-state index >= 15 is 0 Å². The molecular formula is C16H16ClFN2O. The van der Waals surface area contributed by atoms with Gasteiger partial charge in [-0.25, -0.2) is 4.39 Å². The zero-order valence-electron chi connectivity index (χ0n) is 11.6. The van der Waals surface area contributed by atoms with Crippen LogP contribution in [0.4, 0.5) is 4.39 Å². The first-order valence-electron chi connectivity index (χ1n) is 6.54. The summed E-state index contributed by atoms with van der Waals surface area (Å²) in [4.78, 5) is 11.0. The Labute approximate surface area is 127 Å². The van der Waals surface area contributed by atoms with Crippen molar-refractivity contribution in [1.82, 2.24) is 5.32 Å². The van der Waals surface area contributed by atoms with Crippen LogP contribution < -0.4 is 11.1 Å². The molecule has 0 fully saturated rings. The molecule has 0 aliphatic heterocycles. The number of carbonyl (C=O) groups excluding carboxylic acids is 1. The van der Waals surface area contributed by atoms with Crippen LogP contribution >= 0.6 is 11.6 Å². The summed E-state index contributed by atoms with van der Waals surface area (Å²) < 4.78 is 13.9. The maximum Gasteiger partial charge on any atom is 0.248 e. The third-order valence-corrected chi connectivity index (χ3v) is 3.56. The number of nitrogens with two attached hydrogens (primary N) is 1. The molecule has 110 valence electrons. The van der Waals surface area contributed by atoms with E-state index in [9.17, 15) is 9.18 Å². The molecule has 0 heterocycles. The molecule has 1 amide bonds. The molecule has 0 bridgehead atoms. The predicted molar refractivity (Wildman–Crippen MR) is 81.6 cm³/mol. The molecule has 3 N–H and O–H groups in total. The zero-order chi connectivity index (χ0) is 15.4. The average Bonchev–Trinajstić information content (AvgIpc) is 2.46. The van der Waals surface area contributed by atoms with Crippen molar-refractivity contribution in [3.8, 4) is 0 Å². The van der Waals surface area contributed by atoms with Gasteiger partial charge < -0.3 is 11.1 Å². The van der Waals surface area contributed by atoms with E-state index in [1.54, 1.807) is 6.07 Å². The van der Waals surface area contributed by atoms with Crippen LogP contribution in [0.3, 0.4) is 0 Å². The van der Waals surface area contributed by atoms with Gasteiger partial charge in [0.05, 0.1) is 0 Å². The smallest absolute Gasteiger partial charge is 0.248 e. The molecule has 0 saturated heterocycles. The van der Waals surface area contributed by atoms with Gasteiger partial charge in [0.2, 0.25) is 5.91 Å². The van der Waals surface area contributed by atoms with Crippen LogP contribution in [-0.4, -0.2) is 5.91 Å². The maximum atomic E-state index is 13.9. The van der Waals surface area contributed by atoms with E-state index in [1.807, 2.05) is 31.2 Å². The third-order valence-electron chi connectivity index (χ3n) is 3.31. The normalized spacial score (nSPS) is 12.1. The number of hydrogen-bond acceptors (Lipinski definition) is 2. The lowest BCUT2D eigenvalue weighted by Crippen LogP contribution is -2.19. The van der Waals surface area contributed by atoms with Crippen LogP contribution in [0.25, 0.3) is 0 Å². The van der Waals surface area contributed by atoms with Gasteiger partial charge in [0.25, 0.3) is 0 Å². The first-order chi connectivity index (χ1) is 9.97. The lowest BCUT2D eigenvalue weighted by molar-refractivity contribution is 0.1000. The lowest BCUT2D eigenvalue weighted by atomic mass is 10.1. The molecule has 1 atom stereocenters. The Morgan fingerprint density at radius 1 is 1.29 bits per heavy atom. The molecule has 2 rings (SSSR count). The van der Waals surface area contributed by atoms with Gasteiger partial charge in [0.15, 0.2) is 0 Å². The van der Waals surface area contributed by atoms with Gasteiger partial charge in [-0.05, 0) is 36.8 Å². The Kier molecular flexibility index (Phi) is 4.94. The van der Waals surface area contributed by atoms with Crippen molar-refractivity contribution in [3.05, 3.63) is 70.0 Å². The highest BCUT2D eigenvalue weighted by atomic mass is 35.5. The molecule has 0 radical (unpaired) electrons. The van der Waals surface area contributed by atoms with Gasteiger partial charge >= 0.3 is 0 Å². The van der Waals surface area contributed by atoms with Gasteiger partial charge in [-0.3, -0.25) is 4.79 Å². The van der Waals surface area contributed by atoms with Crippen LogP contribution in [0.15, 0.2) is 42.5 Å². The van der Waals surface area contributed by atoms with Gasteiger partial charge in [-0.2, -0.15) is 0 Å². The molecule has 0 aliphatic carbocycles. The van der Waals surface area contributed by atoms with E-state index in [1.165, 1.54) is 6.07 Å². The molecule has 0 aromatic heterocycles. The minimum absolute atomic E-state index is 0.0532. The van der Waals surface area contributed by atoms with E-state index in [0.29, 0.717) is 17.1 Å². The van der Waals surface area contributed by atoms with E-state index in [2.05, 4.69) is 5.32 Å². The quantitative estimate of drug-likeness (QED) is 0.889. The van der Waals surface area contributed by atoms with E-state index in [4.69, 9.17) is 17.3 Å². The summed E-state index contributed by atoms with van der Waals surface area (Å²) in [6.45, 7) is 2.34. The van der Waals surface area contributed by atoms with Crippen molar-refractivity contribution in [1.29, 1.82) is 0 Å². The first-order valence-corrected chi connectivity index (χ1v) is 6.92. The van der Waals surface area contributed by atoms with Gasteiger partial charge in [0, 0.05) is 28.7 Å². The number of halogens is 2. The van der Waals surface area contributed by atoms with Crippen molar-refractivity contribution in [2.75, 3.05) is 0 Å². The summed E-state index contributed by atoms with van der Waals surface area (Å²) in [5.41, 5.74) is 6.83. The minimum atomic E-state index is -0.636. The lowest BCUT2D eigenvalue weighted by Gasteiger charge is -2.15. The van der Waals surface area contributed by atoms with Crippen molar-refractivity contribution in [2.45, 2.75) is 19.5 Å². The summed E-state index contributed by atoms with van der Waals surface area (Å²) in [7, 11) is 0. The number of nitrogens with one attached hydrogen (secondary N) is 1. The van der Waals surface area contributed by atoms with Crippen LogP contribution in [-0.2, 0) is 6.54 Å². The highest BCUT2D eigenvalue weighted by molar-refractivity contribution is 6.30. The minimum Gasteiger partial charge on any atom is -0.366 e. The summed E-state index contributed by atoms with van der Waals surface area (Å²) in [5, 5.41) is 3.90. The van der Waals surface area contributed by atoms with Crippen molar-refractivity contribution in [2.24, 2.45) is 5.73 Å². The van der Waals surface area contributed by atoms with Crippen LogP contribution in [0, 0.1) is 5.82 Å². The second-order valence-electron chi connectivity index (χ2n) is 4.82. The molecule has 0 aliphatic rings. The van der Waals surface area contributed by atoms with Crippen LogP contribution in [0.5, 0.6) is 0 Å². The van der Waals surface area contributed by atoms with Crippen LogP contribution in [0.1, 0.15) is 34.5 Å². The van der Waals surface area contributed by atoms with Crippen molar-refractivity contribution >= 4 is 17.5 Å². The number of benzene rings is 2. The highest BCUT2D eigenvalue weighted by Crippen LogP contribution is 2.17. The van der Waals surface area contributed by atoms with E-state index < -0.39 is 11.7 Å². The summed E-state index contributed by atoms with van der Waals surface area (Å²) in [6, 6.07) is 11.8. The maximum absolute atomic E-state index is 13.9. The third kappa shape index (κ3) is 4.03. The molecular weight excluding hydrogens is 291 g/mol. The largest absolute Gasteiger partial charge is 0.366 e. The Hall–Kier alpha value is -1.91. The van der Waals surface area contributed by atoms with Crippen molar-refractivity contribution in [3.63, 3.8) is 0 Å². The molecule has 21 heavy (non-hydrogen) atoms. The second-order valence-corrected chi connectivity index (χ2v) is 5.26. The predicted octanol–water partition coefficient (Wildman–Crippen LogP) is 3.43. The fourth-order valence-electron chi connectivity index (χ4n) is 1.98. The van der Waals surface area contributed by atoms with E-state index in [-0.39, 0.29) is 11.6 Å². The van der Waals surface area contributed by atoms with Gasteiger partial charge in [-0.1, -0.05) is 29.8 Å². The fourth-order valence-corrected chi connectivity index (χ4v) is 2.10. The summed E-state index contributed by atoms with van der Waals surface area (Å²) in [5.74, 6) is -1.08. The Balaban J connectivity index is 2.02. The molecule has 2 aromatic carbocycles. The average molecular weight is 307 g/mol. The number of primary amides is 1. The van der Waals surface area contributed by atoms with Gasteiger partial charge in [-0.15, -0.1) is 0 Å². The SMILES string of the molecule is C[C@@H](NCc1ccc(C(N)=O)cc1F)c1ccc(Cl)cc1. The summed E-state index contributed by atoms with van der Waals surface area (Å²) >= 11 is 5.84.